The van der Waals surface area contributed by atoms with E-state index in [-0.39, 0.29) is 0 Å². The van der Waals surface area contributed by atoms with E-state index in [4.69, 9.17) is 4.98 Å². The highest BCUT2D eigenvalue weighted by atomic mass is 14.7. The zero-order chi connectivity index (χ0) is 19.8. The topological polar surface area (TPSA) is 12.9 Å². The summed E-state index contributed by atoms with van der Waals surface area (Å²) in [5.41, 5.74) is 9.79. The summed E-state index contributed by atoms with van der Waals surface area (Å²) >= 11 is 0. The van der Waals surface area contributed by atoms with Crippen molar-refractivity contribution in [1.82, 2.24) is 4.98 Å². The molecule has 0 fully saturated rings. The van der Waals surface area contributed by atoms with E-state index in [2.05, 4.69) is 105 Å². The van der Waals surface area contributed by atoms with Crippen LogP contribution in [0.4, 0.5) is 0 Å². The number of rotatable bonds is 2. The SMILES string of the molecule is Cc1ccc2nc3ccc(C)cc3c(C3=CCC(=Cc4ccccc4)C=C3)c2c1. The molecule has 1 aliphatic carbocycles. The summed E-state index contributed by atoms with van der Waals surface area (Å²) in [6.45, 7) is 4.30. The molecule has 3 aromatic carbocycles. The Hall–Kier alpha value is -3.45. The average molecular weight is 373 g/mol. The minimum Gasteiger partial charge on any atom is -0.248 e. The average Bonchev–Trinajstić information content (AvgIpc) is 2.74. The van der Waals surface area contributed by atoms with Crippen LogP contribution in [0.5, 0.6) is 0 Å². The van der Waals surface area contributed by atoms with Gasteiger partial charge in [0.05, 0.1) is 11.0 Å². The molecule has 0 bridgehead atoms. The number of hydrogen-bond donors (Lipinski definition) is 0. The fourth-order valence-corrected chi connectivity index (χ4v) is 4.10. The van der Waals surface area contributed by atoms with Gasteiger partial charge in [0.2, 0.25) is 0 Å². The number of nitrogens with zero attached hydrogens (tertiary/aromatic N) is 1. The molecule has 0 atom stereocenters. The number of fused-ring (bicyclic) bond motifs is 2. The van der Waals surface area contributed by atoms with E-state index in [1.807, 2.05) is 0 Å². The van der Waals surface area contributed by atoms with Crippen molar-refractivity contribution in [3.05, 3.63) is 113 Å². The lowest BCUT2D eigenvalue weighted by Gasteiger charge is -2.16. The number of allylic oxidation sites excluding steroid dienone is 5. The molecular formula is C28H23N. The van der Waals surface area contributed by atoms with Crippen molar-refractivity contribution in [1.29, 1.82) is 0 Å². The number of aryl methyl sites for hydroxylation is 2. The molecule has 0 amide bonds. The minimum absolute atomic E-state index is 0.934. The number of hydrogen-bond acceptors (Lipinski definition) is 1. The molecule has 0 spiro atoms. The Morgan fingerprint density at radius 1 is 0.759 bits per heavy atom. The van der Waals surface area contributed by atoms with Gasteiger partial charge in [-0.3, -0.25) is 0 Å². The van der Waals surface area contributed by atoms with Crippen molar-refractivity contribution in [3.63, 3.8) is 0 Å². The van der Waals surface area contributed by atoms with Gasteiger partial charge < -0.3 is 0 Å². The summed E-state index contributed by atoms with van der Waals surface area (Å²) in [5, 5.41) is 2.46. The van der Waals surface area contributed by atoms with Gasteiger partial charge >= 0.3 is 0 Å². The highest BCUT2D eigenvalue weighted by Gasteiger charge is 2.14. The van der Waals surface area contributed by atoms with Gasteiger partial charge in [-0.05, 0) is 61.2 Å². The highest BCUT2D eigenvalue weighted by Crippen LogP contribution is 2.35. The van der Waals surface area contributed by atoms with Crippen LogP contribution in [-0.2, 0) is 0 Å². The van der Waals surface area contributed by atoms with Crippen LogP contribution in [-0.4, -0.2) is 4.98 Å². The summed E-state index contributed by atoms with van der Waals surface area (Å²) in [4.78, 5) is 4.92. The van der Waals surface area contributed by atoms with Crippen LogP contribution in [0.2, 0.25) is 0 Å². The van der Waals surface area contributed by atoms with Crippen LogP contribution in [0.3, 0.4) is 0 Å². The molecular weight excluding hydrogens is 350 g/mol. The number of benzene rings is 3. The van der Waals surface area contributed by atoms with Crippen molar-refractivity contribution in [2.24, 2.45) is 0 Å². The molecule has 0 N–H and O–H groups in total. The second-order valence-electron chi connectivity index (χ2n) is 7.85. The Kier molecular flexibility index (Phi) is 4.37. The second-order valence-corrected chi connectivity index (χ2v) is 7.85. The van der Waals surface area contributed by atoms with Crippen LogP contribution >= 0.6 is 0 Å². The van der Waals surface area contributed by atoms with E-state index < -0.39 is 0 Å². The maximum Gasteiger partial charge on any atom is 0.0716 e. The zero-order valence-electron chi connectivity index (χ0n) is 16.8. The van der Waals surface area contributed by atoms with Crippen molar-refractivity contribution >= 4 is 33.5 Å². The van der Waals surface area contributed by atoms with Crippen LogP contribution in [0, 0.1) is 13.8 Å². The Labute approximate surface area is 171 Å². The quantitative estimate of drug-likeness (QED) is 0.333. The summed E-state index contributed by atoms with van der Waals surface area (Å²) < 4.78 is 0. The summed E-state index contributed by atoms with van der Waals surface area (Å²) in [7, 11) is 0. The van der Waals surface area contributed by atoms with Gasteiger partial charge in [0.25, 0.3) is 0 Å². The van der Waals surface area contributed by atoms with E-state index in [9.17, 15) is 0 Å². The van der Waals surface area contributed by atoms with E-state index >= 15 is 0 Å². The normalized spacial score (nSPS) is 15.2. The maximum atomic E-state index is 4.92. The molecule has 1 heteroatoms. The van der Waals surface area contributed by atoms with Crippen molar-refractivity contribution < 1.29 is 0 Å². The van der Waals surface area contributed by atoms with Gasteiger partial charge in [-0.2, -0.15) is 0 Å². The zero-order valence-corrected chi connectivity index (χ0v) is 16.8. The third-order valence-corrected chi connectivity index (χ3v) is 5.56. The lowest BCUT2D eigenvalue weighted by atomic mass is 9.90. The van der Waals surface area contributed by atoms with Crippen molar-refractivity contribution in [2.45, 2.75) is 20.3 Å². The number of pyridine rings is 1. The lowest BCUT2D eigenvalue weighted by Crippen LogP contribution is -1.95. The molecule has 0 saturated carbocycles. The summed E-state index contributed by atoms with van der Waals surface area (Å²) in [6.07, 6.45) is 10.1. The van der Waals surface area contributed by atoms with E-state index in [0.717, 1.165) is 17.5 Å². The molecule has 1 aliphatic rings. The van der Waals surface area contributed by atoms with E-state index in [1.54, 1.807) is 0 Å². The molecule has 0 saturated heterocycles. The molecule has 29 heavy (non-hydrogen) atoms. The summed E-state index contributed by atoms with van der Waals surface area (Å²) in [5.74, 6) is 0. The first-order chi connectivity index (χ1) is 14.2. The highest BCUT2D eigenvalue weighted by molar-refractivity contribution is 6.08. The Balaban J connectivity index is 1.66. The Morgan fingerprint density at radius 3 is 2.00 bits per heavy atom. The van der Waals surface area contributed by atoms with Gasteiger partial charge in [0, 0.05) is 16.3 Å². The maximum absolute atomic E-state index is 4.92. The molecule has 0 aliphatic heterocycles. The van der Waals surface area contributed by atoms with Crippen LogP contribution in [0.1, 0.15) is 28.7 Å². The fraction of sp³-hybridized carbons (Fsp3) is 0.107. The first kappa shape index (κ1) is 17.6. The van der Waals surface area contributed by atoms with E-state index in [1.165, 1.54) is 44.2 Å². The third kappa shape index (κ3) is 3.40. The largest absolute Gasteiger partial charge is 0.248 e. The van der Waals surface area contributed by atoms with Gasteiger partial charge in [-0.15, -0.1) is 0 Å². The molecule has 5 rings (SSSR count). The minimum atomic E-state index is 0.934. The first-order valence-corrected chi connectivity index (χ1v) is 10.1. The predicted octanol–water partition coefficient (Wildman–Crippen LogP) is 7.43. The van der Waals surface area contributed by atoms with Gasteiger partial charge in [0.1, 0.15) is 0 Å². The first-order valence-electron chi connectivity index (χ1n) is 10.1. The molecule has 1 nitrogen and oxygen atoms in total. The lowest BCUT2D eigenvalue weighted by molar-refractivity contribution is 1.28. The molecule has 1 heterocycles. The van der Waals surface area contributed by atoms with Crippen LogP contribution in [0.15, 0.2) is 90.5 Å². The molecule has 1 aromatic heterocycles. The molecule has 0 radical (unpaired) electrons. The second kappa shape index (κ2) is 7.18. The van der Waals surface area contributed by atoms with Gasteiger partial charge in [-0.1, -0.05) is 77.9 Å². The molecule has 140 valence electrons. The smallest absolute Gasteiger partial charge is 0.0716 e. The van der Waals surface area contributed by atoms with Crippen LogP contribution < -0.4 is 0 Å². The van der Waals surface area contributed by atoms with Gasteiger partial charge in [0.15, 0.2) is 0 Å². The Bertz CT molecular complexity index is 1260. The summed E-state index contributed by atoms with van der Waals surface area (Å²) in [6, 6.07) is 23.6. The third-order valence-electron chi connectivity index (χ3n) is 5.56. The Morgan fingerprint density at radius 2 is 1.41 bits per heavy atom. The van der Waals surface area contributed by atoms with E-state index in [0.29, 0.717) is 0 Å². The van der Waals surface area contributed by atoms with Crippen LogP contribution in [0.25, 0.3) is 33.5 Å². The van der Waals surface area contributed by atoms with Crippen molar-refractivity contribution in [3.8, 4) is 0 Å². The standard InChI is InChI=1S/C28H23N/c1-19-8-14-26-24(16-19)28(25-17-20(2)9-15-27(25)29-26)23-12-10-22(11-13-23)18-21-6-4-3-5-7-21/h3-10,12-18H,11H2,1-2H3. The monoisotopic (exact) mass is 373 g/mol. The van der Waals surface area contributed by atoms with Gasteiger partial charge in [-0.25, -0.2) is 4.98 Å². The molecule has 0 unspecified atom stereocenters. The van der Waals surface area contributed by atoms with Crippen molar-refractivity contribution in [2.75, 3.05) is 0 Å². The fourth-order valence-electron chi connectivity index (χ4n) is 4.10. The molecule has 4 aromatic rings. The predicted molar refractivity (Wildman–Crippen MR) is 125 cm³/mol. The number of aromatic nitrogens is 1.